The lowest BCUT2D eigenvalue weighted by Crippen LogP contribution is -2.41. The second kappa shape index (κ2) is 4.73. The Morgan fingerprint density at radius 3 is 2.45 bits per heavy atom. The maximum Gasteiger partial charge on any atom is -0.000826 e. The molecule has 1 rings (SSSR count). The van der Waals surface area contributed by atoms with Crippen LogP contribution in [0.4, 0.5) is 0 Å². The standard InChI is InChI=1S/C9H20N2/c1-11(2)6-4-3-5-9-7-10-8-9/h9-10H,3-8H2,1-2H3. The summed E-state index contributed by atoms with van der Waals surface area (Å²) in [6.07, 6.45) is 4.20. The maximum absolute atomic E-state index is 3.30. The molecule has 1 heterocycles. The van der Waals surface area contributed by atoms with E-state index in [2.05, 4.69) is 24.3 Å². The van der Waals surface area contributed by atoms with Crippen LogP contribution in [-0.2, 0) is 0 Å². The highest BCUT2D eigenvalue weighted by atomic mass is 15.0. The lowest BCUT2D eigenvalue weighted by Gasteiger charge is -2.27. The Labute approximate surface area is 70.0 Å². The van der Waals surface area contributed by atoms with Crippen molar-refractivity contribution in [3.8, 4) is 0 Å². The minimum atomic E-state index is 0.997. The SMILES string of the molecule is CN(C)CCCCC1CNC1. The van der Waals surface area contributed by atoms with Gasteiger partial charge in [-0.15, -0.1) is 0 Å². The van der Waals surface area contributed by atoms with Gasteiger partial charge in [0.15, 0.2) is 0 Å². The Morgan fingerprint density at radius 1 is 1.27 bits per heavy atom. The summed E-state index contributed by atoms with van der Waals surface area (Å²) in [7, 11) is 4.29. The Morgan fingerprint density at radius 2 is 2.00 bits per heavy atom. The first-order valence-electron chi connectivity index (χ1n) is 4.64. The van der Waals surface area contributed by atoms with E-state index in [1.807, 2.05) is 0 Å². The zero-order chi connectivity index (χ0) is 8.10. The van der Waals surface area contributed by atoms with Gasteiger partial charge in [0.1, 0.15) is 0 Å². The Hall–Kier alpha value is -0.0800. The van der Waals surface area contributed by atoms with Crippen LogP contribution in [0, 0.1) is 5.92 Å². The van der Waals surface area contributed by atoms with Crippen molar-refractivity contribution in [2.45, 2.75) is 19.3 Å². The van der Waals surface area contributed by atoms with Gasteiger partial charge in [-0.3, -0.25) is 0 Å². The lowest BCUT2D eigenvalue weighted by molar-refractivity contribution is 0.306. The molecular formula is C9H20N2. The smallest absolute Gasteiger partial charge is 0.000826 e. The summed E-state index contributed by atoms with van der Waals surface area (Å²) in [4.78, 5) is 2.26. The molecule has 0 bridgehead atoms. The number of hydrogen-bond acceptors (Lipinski definition) is 2. The monoisotopic (exact) mass is 156 g/mol. The summed E-state index contributed by atoms with van der Waals surface area (Å²) in [6.45, 7) is 3.78. The van der Waals surface area contributed by atoms with Crippen LogP contribution in [0.25, 0.3) is 0 Å². The number of unbranched alkanes of at least 4 members (excludes halogenated alkanes) is 1. The molecule has 0 atom stereocenters. The topological polar surface area (TPSA) is 15.3 Å². The molecule has 0 amide bonds. The zero-order valence-electron chi connectivity index (χ0n) is 7.77. The van der Waals surface area contributed by atoms with Crippen molar-refractivity contribution in [1.29, 1.82) is 0 Å². The molecule has 0 spiro atoms. The summed E-state index contributed by atoms with van der Waals surface area (Å²) in [5.74, 6) is 0.997. The third-order valence-electron chi connectivity index (χ3n) is 2.33. The second-order valence-electron chi connectivity index (χ2n) is 3.82. The van der Waals surface area contributed by atoms with Crippen molar-refractivity contribution >= 4 is 0 Å². The van der Waals surface area contributed by atoms with Crippen LogP contribution in [0.15, 0.2) is 0 Å². The average Bonchev–Trinajstić information content (AvgIpc) is 1.82. The van der Waals surface area contributed by atoms with Crippen molar-refractivity contribution in [1.82, 2.24) is 10.2 Å². The van der Waals surface area contributed by atoms with E-state index in [1.54, 1.807) is 0 Å². The highest BCUT2D eigenvalue weighted by Gasteiger charge is 2.15. The highest BCUT2D eigenvalue weighted by molar-refractivity contribution is 4.74. The summed E-state index contributed by atoms with van der Waals surface area (Å²) in [5, 5.41) is 3.30. The first-order valence-corrected chi connectivity index (χ1v) is 4.64. The van der Waals surface area contributed by atoms with Gasteiger partial charge >= 0.3 is 0 Å². The van der Waals surface area contributed by atoms with Crippen molar-refractivity contribution in [2.24, 2.45) is 5.92 Å². The predicted octanol–water partition coefficient (Wildman–Crippen LogP) is 0.938. The van der Waals surface area contributed by atoms with Gasteiger partial charge in [-0.05, 0) is 52.5 Å². The molecule has 0 saturated carbocycles. The fourth-order valence-electron chi connectivity index (χ4n) is 1.41. The van der Waals surface area contributed by atoms with Crippen molar-refractivity contribution < 1.29 is 0 Å². The molecule has 0 aromatic rings. The number of nitrogens with zero attached hydrogens (tertiary/aromatic N) is 1. The summed E-state index contributed by atoms with van der Waals surface area (Å²) >= 11 is 0. The van der Waals surface area contributed by atoms with E-state index in [1.165, 1.54) is 38.9 Å². The van der Waals surface area contributed by atoms with Crippen LogP contribution in [-0.4, -0.2) is 38.6 Å². The van der Waals surface area contributed by atoms with Gasteiger partial charge in [0.25, 0.3) is 0 Å². The minimum absolute atomic E-state index is 0.997. The number of nitrogens with one attached hydrogen (secondary N) is 1. The van der Waals surface area contributed by atoms with E-state index in [0.717, 1.165) is 5.92 Å². The molecular weight excluding hydrogens is 136 g/mol. The van der Waals surface area contributed by atoms with Crippen molar-refractivity contribution in [3.63, 3.8) is 0 Å². The van der Waals surface area contributed by atoms with Crippen molar-refractivity contribution in [2.75, 3.05) is 33.7 Å². The lowest BCUT2D eigenvalue weighted by atomic mass is 9.96. The number of rotatable bonds is 5. The molecule has 66 valence electrons. The van der Waals surface area contributed by atoms with Gasteiger partial charge in [-0.2, -0.15) is 0 Å². The fourth-order valence-corrected chi connectivity index (χ4v) is 1.41. The van der Waals surface area contributed by atoms with Crippen LogP contribution in [0.3, 0.4) is 0 Å². The molecule has 1 aliphatic rings. The first-order chi connectivity index (χ1) is 5.29. The zero-order valence-corrected chi connectivity index (χ0v) is 7.77. The molecule has 11 heavy (non-hydrogen) atoms. The van der Waals surface area contributed by atoms with Crippen LogP contribution in [0.1, 0.15) is 19.3 Å². The molecule has 0 aromatic carbocycles. The summed E-state index contributed by atoms with van der Waals surface area (Å²) in [5.41, 5.74) is 0. The van der Waals surface area contributed by atoms with Gasteiger partial charge in [-0.25, -0.2) is 0 Å². The molecule has 2 heteroatoms. The van der Waals surface area contributed by atoms with Crippen LogP contribution in [0.5, 0.6) is 0 Å². The van der Waals surface area contributed by atoms with Gasteiger partial charge in [0, 0.05) is 0 Å². The van der Waals surface area contributed by atoms with Crippen LogP contribution in [0.2, 0.25) is 0 Å². The van der Waals surface area contributed by atoms with E-state index >= 15 is 0 Å². The largest absolute Gasteiger partial charge is 0.316 e. The molecule has 0 aromatic heterocycles. The van der Waals surface area contributed by atoms with E-state index in [-0.39, 0.29) is 0 Å². The average molecular weight is 156 g/mol. The van der Waals surface area contributed by atoms with Gasteiger partial charge < -0.3 is 10.2 Å². The van der Waals surface area contributed by atoms with E-state index in [4.69, 9.17) is 0 Å². The molecule has 0 aliphatic carbocycles. The van der Waals surface area contributed by atoms with Crippen LogP contribution < -0.4 is 5.32 Å². The molecule has 0 radical (unpaired) electrons. The third kappa shape index (κ3) is 3.73. The summed E-state index contributed by atoms with van der Waals surface area (Å²) < 4.78 is 0. The third-order valence-corrected chi connectivity index (χ3v) is 2.33. The van der Waals surface area contributed by atoms with Gasteiger partial charge in [0.05, 0.1) is 0 Å². The Bertz CT molecular complexity index is 97.7. The molecule has 1 saturated heterocycles. The summed E-state index contributed by atoms with van der Waals surface area (Å²) in [6, 6.07) is 0. The molecule has 1 N–H and O–H groups in total. The van der Waals surface area contributed by atoms with E-state index < -0.39 is 0 Å². The highest BCUT2D eigenvalue weighted by Crippen LogP contribution is 2.12. The first kappa shape index (κ1) is 9.01. The molecule has 1 fully saturated rings. The van der Waals surface area contributed by atoms with E-state index in [9.17, 15) is 0 Å². The van der Waals surface area contributed by atoms with Crippen molar-refractivity contribution in [3.05, 3.63) is 0 Å². The molecule has 0 unspecified atom stereocenters. The Kier molecular flexibility index (Phi) is 3.87. The quantitative estimate of drug-likeness (QED) is 0.596. The number of hydrogen-bond donors (Lipinski definition) is 1. The van der Waals surface area contributed by atoms with E-state index in [0.29, 0.717) is 0 Å². The van der Waals surface area contributed by atoms with Crippen LogP contribution >= 0.6 is 0 Å². The fraction of sp³-hybridized carbons (Fsp3) is 1.00. The second-order valence-corrected chi connectivity index (χ2v) is 3.82. The maximum atomic E-state index is 3.30. The molecule has 1 aliphatic heterocycles. The minimum Gasteiger partial charge on any atom is -0.316 e. The predicted molar refractivity (Wildman–Crippen MR) is 48.8 cm³/mol. The van der Waals surface area contributed by atoms with Gasteiger partial charge in [0.2, 0.25) is 0 Å². The van der Waals surface area contributed by atoms with Gasteiger partial charge in [-0.1, -0.05) is 6.42 Å². The normalized spacial score (nSPS) is 18.8. The molecule has 2 nitrogen and oxygen atoms in total. The Balaban J connectivity index is 1.80.